The number of nitrogens with zero attached hydrogens (tertiary/aromatic N) is 3. The van der Waals surface area contributed by atoms with Crippen LogP contribution in [0.1, 0.15) is 67.1 Å². The number of hydrogen-bond donors (Lipinski definition) is 3. The molecule has 0 radical (unpaired) electrons. The zero-order valence-corrected chi connectivity index (χ0v) is 17.0. The lowest BCUT2D eigenvalue weighted by Gasteiger charge is -2.25. The van der Waals surface area contributed by atoms with Gasteiger partial charge in [0.2, 0.25) is 5.95 Å². The van der Waals surface area contributed by atoms with E-state index in [0.717, 1.165) is 32.1 Å². The van der Waals surface area contributed by atoms with Crippen molar-refractivity contribution >= 4 is 17.7 Å². The number of aromatic nitrogens is 3. The van der Waals surface area contributed by atoms with Crippen LogP contribution in [-0.4, -0.2) is 32.9 Å². The topological polar surface area (TPSA) is 106 Å². The number of primary amides is 1. The molecule has 4 N–H and O–H groups in total. The van der Waals surface area contributed by atoms with Crippen LogP contribution < -0.4 is 16.4 Å². The van der Waals surface area contributed by atoms with Gasteiger partial charge in [-0.15, -0.1) is 0 Å². The minimum atomic E-state index is -0.501. The van der Waals surface area contributed by atoms with E-state index in [9.17, 15) is 4.79 Å². The maximum absolute atomic E-state index is 11.9. The van der Waals surface area contributed by atoms with E-state index in [2.05, 4.69) is 38.6 Å². The fraction of sp³-hybridized carbons (Fsp3) is 0.545. The molecule has 1 amide bonds. The van der Waals surface area contributed by atoms with Crippen LogP contribution in [0.15, 0.2) is 24.5 Å². The van der Waals surface area contributed by atoms with Crippen LogP contribution in [0.4, 0.5) is 11.8 Å². The van der Waals surface area contributed by atoms with Gasteiger partial charge in [-0.05, 0) is 49.7 Å². The van der Waals surface area contributed by atoms with Crippen molar-refractivity contribution in [2.24, 2.45) is 11.7 Å². The molecule has 0 aliphatic heterocycles. The van der Waals surface area contributed by atoms with E-state index in [1.165, 1.54) is 30.5 Å². The minimum Gasteiger partial charge on any atom is -0.366 e. The standard InChI is InChI=1S/C22H30N6O/c1-14-5-2-3-7-16(11-14)26-21-18(20(23)29)13-25-22(28-21)27-17-8-9-19-15(12-17)6-4-10-24-19/h4,6,10,13-14,16-17H,2-3,5,7-9,11-12H2,1H3,(H2,23,29)(H2,25,26,27,28)/t14-,16+,17+/m0/s1. The molecule has 0 unspecified atom stereocenters. The Hall–Kier alpha value is -2.70. The van der Waals surface area contributed by atoms with Gasteiger partial charge in [-0.25, -0.2) is 4.98 Å². The van der Waals surface area contributed by atoms with Crippen molar-refractivity contribution in [3.8, 4) is 0 Å². The molecule has 2 heterocycles. The van der Waals surface area contributed by atoms with Gasteiger partial charge in [-0.3, -0.25) is 9.78 Å². The molecule has 154 valence electrons. The summed E-state index contributed by atoms with van der Waals surface area (Å²) in [7, 11) is 0. The molecule has 2 aliphatic rings. The van der Waals surface area contributed by atoms with Gasteiger partial charge in [-0.1, -0.05) is 32.3 Å². The van der Waals surface area contributed by atoms with Gasteiger partial charge in [-0.2, -0.15) is 4.98 Å². The van der Waals surface area contributed by atoms with Crippen molar-refractivity contribution in [1.29, 1.82) is 0 Å². The van der Waals surface area contributed by atoms with Crippen LogP contribution in [0.5, 0.6) is 0 Å². The van der Waals surface area contributed by atoms with Crippen molar-refractivity contribution in [3.05, 3.63) is 41.3 Å². The van der Waals surface area contributed by atoms with E-state index in [4.69, 9.17) is 5.73 Å². The largest absolute Gasteiger partial charge is 0.366 e. The van der Waals surface area contributed by atoms with E-state index in [1.54, 1.807) is 6.20 Å². The van der Waals surface area contributed by atoms with Crippen molar-refractivity contribution in [2.45, 2.75) is 70.4 Å². The quantitative estimate of drug-likeness (QED) is 0.672. The Morgan fingerprint density at radius 1 is 1.14 bits per heavy atom. The zero-order valence-electron chi connectivity index (χ0n) is 17.0. The molecule has 4 rings (SSSR count). The number of nitrogens with one attached hydrogen (secondary N) is 2. The summed E-state index contributed by atoms with van der Waals surface area (Å²) in [5, 5.41) is 6.94. The molecule has 3 atom stereocenters. The molecule has 1 fully saturated rings. The molecule has 2 aromatic rings. The fourth-order valence-corrected chi connectivity index (χ4v) is 4.54. The monoisotopic (exact) mass is 394 g/mol. The molecular formula is C22H30N6O. The Balaban J connectivity index is 1.50. The van der Waals surface area contributed by atoms with Gasteiger partial charge in [0.15, 0.2) is 0 Å². The normalized spacial score (nSPS) is 24.2. The predicted octanol–water partition coefficient (Wildman–Crippen LogP) is 3.32. The number of carbonyl (C=O) groups excluding carboxylic acids is 1. The van der Waals surface area contributed by atoms with Crippen LogP contribution in [0.3, 0.4) is 0 Å². The predicted molar refractivity (Wildman–Crippen MR) is 114 cm³/mol. The number of carbonyl (C=O) groups is 1. The van der Waals surface area contributed by atoms with E-state index < -0.39 is 5.91 Å². The van der Waals surface area contributed by atoms with Crippen molar-refractivity contribution in [3.63, 3.8) is 0 Å². The van der Waals surface area contributed by atoms with Gasteiger partial charge >= 0.3 is 0 Å². The summed E-state index contributed by atoms with van der Waals surface area (Å²) < 4.78 is 0. The molecule has 7 heteroatoms. The number of fused-ring (bicyclic) bond motifs is 1. The third-order valence-corrected chi connectivity index (χ3v) is 6.10. The number of nitrogens with two attached hydrogens (primary N) is 1. The smallest absolute Gasteiger partial charge is 0.254 e. The Morgan fingerprint density at radius 3 is 2.86 bits per heavy atom. The van der Waals surface area contributed by atoms with E-state index in [1.807, 2.05) is 12.3 Å². The Morgan fingerprint density at radius 2 is 2.00 bits per heavy atom. The summed E-state index contributed by atoms with van der Waals surface area (Å²) in [6.45, 7) is 2.29. The van der Waals surface area contributed by atoms with Gasteiger partial charge in [0, 0.05) is 30.2 Å². The number of anilines is 2. The maximum Gasteiger partial charge on any atom is 0.254 e. The highest BCUT2D eigenvalue weighted by atomic mass is 16.1. The van der Waals surface area contributed by atoms with Gasteiger partial charge in [0.25, 0.3) is 5.91 Å². The zero-order chi connectivity index (χ0) is 20.2. The van der Waals surface area contributed by atoms with Gasteiger partial charge in [0.1, 0.15) is 5.82 Å². The Kier molecular flexibility index (Phi) is 5.92. The molecule has 2 aromatic heterocycles. The molecule has 0 spiro atoms. The lowest BCUT2D eigenvalue weighted by molar-refractivity contribution is 0.100. The molecule has 7 nitrogen and oxygen atoms in total. The highest BCUT2D eigenvalue weighted by Crippen LogP contribution is 2.27. The average molecular weight is 395 g/mol. The summed E-state index contributed by atoms with van der Waals surface area (Å²) in [4.78, 5) is 25.4. The average Bonchev–Trinajstić information content (AvgIpc) is 2.91. The first-order valence-corrected chi connectivity index (χ1v) is 10.7. The van der Waals surface area contributed by atoms with Gasteiger partial charge < -0.3 is 16.4 Å². The highest BCUT2D eigenvalue weighted by molar-refractivity contribution is 5.97. The first kappa shape index (κ1) is 19.6. The minimum absolute atomic E-state index is 0.247. The molecule has 29 heavy (non-hydrogen) atoms. The number of pyridine rings is 1. The van der Waals surface area contributed by atoms with Crippen molar-refractivity contribution < 1.29 is 4.79 Å². The maximum atomic E-state index is 11.9. The van der Waals surface area contributed by atoms with Crippen LogP contribution in [0.25, 0.3) is 0 Å². The second kappa shape index (κ2) is 8.76. The molecule has 0 saturated heterocycles. The summed E-state index contributed by atoms with van der Waals surface area (Å²) >= 11 is 0. The van der Waals surface area contributed by atoms with Crippen LogP contribution in [0, 0.1) is 5.92 Å². The van der Waals surface area contributed by atoms with E-state index in [-0.39, 0.29) is 6.04 Å². The summed E-state index contributed by atoms with van der Waals surface area (Å²) in [6.07, 6.45) is 12.1. The van der Waals surface area contributed by atoms with E-state index in [0.29, 0.717) is 29.3 Å². The molecular weight excluding hydrogens is 364 g/mol. The second-order valence-electron chi connectivity index (χ2n) is 8.48. The molecule has 2 aliphatic carbocycles. The summed E-state index contributed by atoms with van der Waals surface area (Å²) in [6, 6.07) is 4.67. The van der Waals surface area contributed by atoms with Crippen molar-refractivity contribution in [2.75, 3.05) is 10.6 Å². The third kappa shape index (κ3) is 4.83. The molecule has 0 aromatic carbocycles. The SMILES string of the molecule is C[C@H]1CCCC[C@@H](Nc2nc(N[C@@H]3CCc4ncccc4C3)ncc2C(N)=O)C1. The highest BCUT2D eigenvalue weighted by Gasteiger charge is 2.23. The first-order chi connectivity index (χ1) is 14.1. The van der Waals surface area contributed by atoms with Crippen LogP contribution in [-0.2, 0) is 12.8 Å². The lowest BCUT2D eigenvalue weighted by atomic mass is 9.92. The second-order valence-corrected chi connectivity index (χ2v) is 8.48. The summed E-state index contributed by atoms with van der Waals surface area (Å²) in [5.74, 6) is 1.25. The molecule has 0 bridgehead atoms. The Bertz CT molecular complexity index is 870. The number of hydrogen-bond acceptors (Lipinski definition) is 6. The fourth-order valence-electron chi connectivity index (χ4n) is 4.54. The number of rotatable bonds is 5. The number of amides is 1. The third-order valence-electron chi connectivity index (χ3n) is 6.10. The summed E-state index contributed by atoms with van der Waals surface area (Å²) in [5.41, 5.74) is 8.39. The van der Waals surface area contributed by atoms with Crippen LogP contribution >= 0.6 is 0 Å². The molecule has 1 saturated carbocycles. The van der Waals surface area contributed by atoms with Crippen molar-refractivity contribution in [1.82, 2.24) is 15.0 Å². The first-order valence-electron chi connectivity index (χ1n) is 10.7. The van der Waals surface area contributed by atoms with Crippen LogP contribution in [0.2, 0.25) is 0 Å². The Labute approximate surface area is 171 Å². The van der Waals surface area contributed by atoms with E-state index >= 15 is 0 Å². The number of aryl methyl sites for hydroxylation is 1. The lowest BCUT2D eigenvalue weighted by Crippen LogP contribution is -2.29. The van der Waals surface area contributed by atoms with Gasteiger partial charge in [0.05, 0.1) is 5.56 Å².